The highest BCUT2D eigenvalue weighted by atomic mass is 79.9. The average molecular weight is 365 g/mol. The zero-order valence-electron chi connectivity index (χ0n) is 10.2. The van der Waals surface area contributed by atoms with Gasteiger partial charge in [0.25, 0.3) is 0 Å². The van der Waals surface area contributed by atoms with Crippen LogP contribution in [0.3, 0.4) is 0 Å². The molecule has 2 rings (SSSR count). The second-order valence-corrected chi connectivity index (χ2v) is 7.66. The standard InChI is InChI=1S/C11H13BrN2O3S2/c1-14(7-9-3-2-4-18-9)19(15,16)10-5-8(6-13)17-11(10)12/h2-5H,6-7,13H2,1H3. The molecular weight excluding hydrogens is 352 g/mol. The zero-order valence-corrected chi connectivity index (χ0v) is 13.4. The van der Waals surface area contributed by atoms with Crippen molar-refractivity contribution in [2.75, 3.05) is 7.05 Å². The molecule has 2 heterocycles. The van der Waals surface area contributed by atoms with Gasteiger partial charge in [-0.1, -0.05) is 6.07 Å². The van der Waals surface area contributed by atoms with Crippen LogP contribution in [0.15, 0.2) is 37.6 Å². The van der Waals surface area contributed by atoms with Crippen LogP contribution in [0.25, 0.3) is 0 Å². The van der Waals surface area contributed by atoms with Crippen molar-refractivity contribution in [2.24, 2.45) is 5.73 Å². The van der Waals surface area contributed by atoms with E-state index in [1.807, 2.05) is 17.5 Å². The quantitative estimate of drug-likeness (QED) is 0.883. The number of halogens is 1. The third kappa shape index (κ3) is 3.09. The van der Waals surface area contributed by atoms with Gasteiger partial charge >= 0.3 is 0 Å². The van der Waals surface area contributed by atoms with Gasteiger partial charge in [0.05, 0.1) is 6.54 Å². The molecule has 0 fully saturated rings. The Morgan fingerprint density at radius 1 is 1.53 bits per heavy atom. The lowest BCUT2D eigenvalue weighted by atomic mass is 10.5. The minimum Gasteiger partial charge on any atom is -0.452 e. The van der Waals surface area contributed by atoms with Crippen LogP contribution in [-0.4, -0.2) is 19.8 Å². The largest absolute Gasteiger partial charge is 0.452 e. The fraction of sp³-hybridized carbons (Fsp3) is 0.273. The Labute approximate surface area is 124 Å². The van der Waals surface area contributed by atoms with Crippen LogP contribution in [0.4, 0.5) is 0 Å². The summed E-state index contributed by atoms with van der Waals surface area (Å²) in [5.41, 5.74) is 5.44. The van der Waals surface area contributed by atoms with Crippen molar-refractivity contribution in [3.8, 4) is 0 Å². The maximum Gasteiger partial charge on any atom is 0.247 e. The normalized spacial score (nSPS) is 12.2. The number of nitrogens with two attached hydrogens (primary N) is 1. The van der Waals surface area contributed by atoms with Gasteiger partial charge in [-0.25, -0.2) is 8.42 Å². The molecule has 0 aliphatic carbocycles. The van der Waals surface area contributed by atoms with E-state index >= 15 is 0 Å². The Balaban J connectivity index is 2.28. The summed E-state index contributed by atoms with van der Waals surface area (Å²) in [6, 6.07) is 5.23. The fourth-order valence-electron chi connectivity index (χ4n) is 1.55. The van der Waals surface area contributed by atoms with E-state index in [0.29, 0.717) is 12.3 Å². The van der Waals surface area contributed by atoms with Gasteiger partial charge in [0.15, 0.2) is 4.67 Å². The summed E-state index contributed by atoms with van der Waals surface area (Å²) in [5.74, 6) is 0.426. The van der Waals surface area contributed by atoms with Gasteiger partial charge in [0.1, 0.15) is 10.7 Å². The predicted molar refractivity (Wildman–Crippen MR) is 77.3 cm³/mol. The van der Waals surface area contributed by atoms with Crippen LogP contribution in [0, 0.1) is 0 Å². The van der Waals surface area contributed by atoms with Gasteiger partial charge in [-0.2, -0.15) is 4.31 Å². The van der Waals surface area contributed by atoms with E-state index in [9.17, 15) is 8.42 Å². The Morgan fingerprint density at radius 3 is 2.79 bits per heavy atom. The van der Waals surface area contributed by atoms with Gasteiger partial charge in [0.2, 0.25) is 10.0 Å². The van der Waals surface area contributed by atoms with Crippen molar-refractivity contribution in [2.45, 2.75) is 18.0 Å². The minimum absolute atomic E-state index is 0.104. The highest BCUT2D eigenvalue weighted by molar-refractivity contribution is 9.10. The van der Waals surface area contributed by atoms with E-state index in [2.05, 4.69) is 15.9 Å². The topological polar surface area (TPSA) is 76.5 Å². The maximum atomic E-state index is 12.4. The lowest BCUT2D eigenvalue weighted by Gasteiger charge is -2.15. The Morgan fingerprint density at radius 2 is 2.26 bits per heavy atom. The molecule has 2 N–H and O–H groups in total. The molecule has 0 saturated carbocycles. The van der Waals surface area contributed by atoms with Crippen molar-refractivity contribution >= 4 is 37.3 Å². The molecule has 0 aromatic carbocycles. The molecule has 0 atom stereocenters. The SMILES string of the molecule is CN(Cc1cccs1)S(=O)(=O)c1cc(CN)oc1Br. The van der Waals surface area contributed by atoms with Crippen molar-refractivity contribution < 1.29 is 12.8 Å². The number of furan rings is 1. The molecule has 104 valence electrons. The molecule has 2 aromatic heterocycles. The maximum absolute atomic E-state index is 12.4. The Kier molecular flexibility index (Phi) is 4.46. The number of thiophene rings is 1. The smallest absolute Gasteiger partial charge is 0.247 e. The number of sulfonamides is 1. The van der Waals surface area contributed by atoms with Crippen LogP contribution in [0.5, 0.6) is 0 Å². The summed E-state index contributed by atoms with van der Waals surface area (Å²) in [6.45, 7) is 0.484. The third-order valence-electron chi connectivity index (χ3n) is 2.55. The number of hydrogen-bond acceptors (Lipinski definition) is 5. The van der Waals surface area contributed by atoms with Crippen molar-refractivity contribution in [3.05, 3.63) is 38.9 Å². The minimum atomic E-state index is -3.59. The Hall–Kier alpha value is -0.670. The van der Waals surface area contributed by atoms with E-state index in [4.69, 9.17) is 10.2 Å². The summed E-state index contributed by atoms with van der Waals surface area (Å²) < 4.78 is 31.5. The number of nitrogens with zero attached hydrogens (tertiary/aromatic N) is 1. The second kappa shape index (κ2) is 5.76. The molecule has 0 aliphatic heterocycles. The zero-order chi connectivity index (χ0) is 14.0. The lowest BCUT2D eigenvalue weighted by Crippen LogP contribution is -2.26. The van der Waals surface area contributed by atoms with Crippen molar-refractivity contribution in [3.63, 3.8) is 0 Å². The Bertz CT molecular complexity index is 650. The molecule has 8 heteroatoms. The van der Waals surface area contributed by atoms with Gasteiger partial charge in [0, 0.05) is 24.5 Å². The van der Waals surface area contributed by atoms with Crippen LogP contribution < -0.4 is 5.73 Å². The second-order valence-electron chi connectivity index (χ2n) is 3.90. The summed E-state index contributed by atoms with van der Waals surface area (Å²) in [6.07, 6.45) is 0. The molecular formula is C11H13BrN2O3S2. The van der Waals surface area contributed by atoms with Crippen molar-refractivity contribution in [1.29, 1.82) is 0 Å². The number of rotatable bonds is 5. The molecule has 0 aliphatic rings. The van der Waals surface area contributed by atoms with Gasteiger partial charge in [-0.05, 0) is 27.4 Å². The van der Waals surface area contributed by atoms with Gasteiger partial charge < -0.3 is 10.2 Å². The summed E-state index contributed by atoms with van der Waals surface area (Å²) in [5, 5.41) is 1.91. The highest BCUT2D eigenvalue weighted by Crippen LogP contribution is 2.29. The van der Waals surface area contributed by atoms with Crippen LogP contribution >= 0.6 is 27.3 Å². The fourth-order valence-corrected chi connectivity index (χ4v) is 4.49. The lowest BCUT2D eigenvalue weighted by molar-refractivity contribution is 0.460. The van der Waals surface area contributed by atoms with E-state index in [1.54, 1.807) is 0 Å². The molecule has 0 amide bonds. The van der Waals surface area contributed by atoms with Gasteiger partial charge in [-0.15, -0.1) is 11.3 Å². The molecule has 0 saturated heterocycles. The molecule has 19 heavy (non-hydrogen) atoms. The summed E-state index contributed by atoms with van der Waals surface area (Å²) in [4.78, 5) is 1.08. The molecule has 0 unspecified atom stereocenters. The van der Waals surface area contributed by atoms with E-state index in [0.717, 1.165) is 4.88 Å². The molecule has 0 bridgehead atoms. The molecule has 5 nitrogen and oxygen atoms in total. The number of hydrogen-bond donors (Lipinski definition) is 1. The first-order valence-corrected chi connectivity index (χ1v) is 8.53. The first-order valence-electron chi connectivity index (χ1n) is 5.42. The van der Waals surface area contributed by atoms with Crippen LogP contribution in [0.1, 0.15) is 10.6 Å². The van der Waals surface area contributed by atoms with Crippen LogP contribution in [0.2, 0.25) is 0 Å². The highest BCUT2D eigenvalue weighted by Gasteiger charge is 2.27. The molecule has 0 spiro atoms. The first kappa shape index (κ1) is 14.7. The van der Waals surface area contributed by atoms with E-state index in [-0.39, 0.29) is 16.1 Å². The average Bonchev–Trinajstić information content (AvgIpc) is 2.98. The molecule has 2 aromatic rings. The van der Waals surface area contributed by atoms with Crippen molar-refractivity contribution in [1.82, 2.24) is 4.31 Å². The van der Waals surface area contributed by atoms with E-state index < -0.39 is 10.0 Å². The first-order chi connectivity index (χ1) is 8.95. The monoisotopic (exact) mass is 364 g/mol. The third-order valence-corrected chi connectivity index (χ3v) is 6.08. The predicted octanol–water partition coefficient (Wildman–Crippen LogP) is 2.38. The van der Waals surface area contributed by atoms with E-state index in [1.165, 1.54) is 28.8 Å². The van der Waals surface area contributed by atoms with Crippen LogP contribution in [-0.2, 0) is 23.1 Å². The van der Waals surface area contributed by atoms with Gasteiger partial charge in [-0.3, -0.25) is 0 Å². The summed E-state index contributed by atoms with van der Waals surface area (Å²) >= 11 is 4.63. The summed E-state index contributed by atoms with van der Waals surface area (Å²) in [7, 11) is -2.05. The molecule has 0 radical (unpaired) electrons.